The van der Waals surface area contributed by atoms with Crippen molar-refractivity contribution in [3.63, 3.8) is 0 Å². The second-order valence-corrected chi connectivity index (χ2v) is 10.3. The fourth-order valence-corrected chi connectivity index (χ4v) is 6.91. The highest BCUT2D eigenvalue weighted by Gasteiger charge is 2.68. The lowest BCUT2D eigenvalue weighted by atomic mass is 9.66. The summed E-state index contributed by atoms with van der Waals surface area (Å²) in [7, 11) is 0. The number of benzene rings is 3. The van der Waals surface area contributed by atoms with Gasteiger partial charge in [0.05, 0.1) is 11.3 Å². The zero-order valence-electron chi connectivity index (χ0n) is 18.7. The van der Waals surface area contributed by atoms with Gasteiger partial charge in [0.25, 0.3) is 5.06 Å². The standard InChI is InChI=1S/C28H26N2O2S/c1-20-14-16-22(17-15-20)30-28(33-26(29-30)21-10-4-2-5-11-21)27(18-8-3-9-19-27)25(31)23-12-6-7-13-24(23)32-28/h2,4-7,10-17H,3,8-9,18-19H2,1H3/t28-/m0/s1. The van der Waals surface area contributed by atoms with Crippen molar-refractivity contribution in [1.29, 1.82) is 0 Å². The molecule has 0 N–H and O–H groups in total. The van der Waals surface area contributed by atoms with Crippen LogP contribution >= 0.6 is 11.8 Å². The highest BCUT2D eigenvalue weighted by atomic mass is 32.2. The molecule has 0 bridgehead atoms. The number of para-hydroxylation sites is 1. The van der Waals surface area contributed by atoms with Crippen molar-refractivity contribution in [3.8, 4) is 5.75 Å². The third-order valence-corrected chi connectivity index (χ3v) is 8.56. The lowest BCUT2D eigenvalue weighted by Gasteiger charge is -2.53. The van der Waals surface area contributed by atoms with Crippen molar-refractivity contribution in [2.45, 2.75) is 44.1 Å². The summed E-state index contributed by atoms with van der Waals surface area (Å²) in [4.78, 5) is 14.3. The van der Waals surface area contributed by atoms with E-state index in [9.17, 15) is 4.79 Å². The minimum atomic E-state index is -0.959. The molecule has 1 aliphatic carbocycles. The second-order valence-electron chi connectivity index (χ2n) is 9.17. The van der Waals surface area contributed by atoms with E-state index >= 15 is 0 Å². The van der Waals surface area contributed by atoms with Crippen LogP contribution in [0.5, 0.6) is 5.75 Å². The first-order valence-electron chi connectivity index (χ1n) is 11.7. The number of anilines is 1. The molecular weight excluding hydrogens is 428 g/mol. The minimum Gasteiger partial charge on any atom is -0.454 e. The Morgan fingerprint density at radius 2 is 1.58 bits per heavy atom. The molecule has 2 aliphatic heterocycles. The Balaban J connectivity index is 1.58. The molecule has 0 radical (unpaired) electrons. The van der Waals surface area contributed by atoms with Gasteiger partial charge in [0, 0.05) is 5.56 Å². The molecule has 3 aliphatic rings. The summed E-state index contributed by atoms with van der Waals surface area (Å²) >= 11 is 1.60. The number of nitrogens with zero attached hydrogens (tertiary/aromatic N) is 2. The highest BCUT2D eigenvalue weighted by Crippen LogP contribution is 2.62. The summed E-state index contributed by atoms with van der Waals surface area (Å²) in [6.07, 6.45) is 4.78. The molecule has 0 unspecified atom stereocenters. The smallest absolute Gasteiger partial charge is 0.269 e. The van der Waals surface area contributed by atoms with E-state index in [2.05, 4.69) is 43.3 Å². The molecule has 6 rings (SSSR count). The van der Waals surface area contributed by atoms with Crippen LogP contribution in [0.2, 0.25) is 0 Å². The minimum absolute atomic E-state index is 0.193. The van der Waals surface area contributed by atoms with Crippen molar-refractivity contribution >= 4 is 28.3 Å². The average molecular weight is 455 g/mol. The normalized spacial score (nSPS) is 23.4. The summed E-state index contributed by atoms with van der Waals surface area (Å²) in [5, 5.41) is 7.05. The fourth-order valence-electron chi connectivity index (χ4n) is 5.42. The van der Waals surface area contributed by atoms with Crippen LogP contribution in [-0.4, -0.2) is 15.9 Å². The Hall–Kier alpha value is -3.05. The van der Waals surface area contributed by atoms with E-state index in [1.54, 1.807) is 11.8 Å². The van der Waals surface area contributed by atoms with Gasteiger partial charge in [-0.05, 0) is 55.8 Å². The number of thioether (sulfide) groups is 1. The zero-order valence-corrected chi connectivity index (χ0v) is 19.5. The van der Waals surface area contributed by atoms with Gasteiger partial charge in [0.2, 0.25) is 0 Å². The van der Waals surface area contributed by atoms with Crippen LogP contribution in [0.3, 0.4) is 0 Å². The maximum Gasteiger partial charge on any atom is 0.269 e. The number of aryl methyl sites for hydroxylation is 1. The Bertz CT molecular complexity index is 1230. The number of hydrogen-bond donors (Lipinski definition) is 0. The third kappa shape index (κ3) is 3.06. The molecule has 4 nitrogen and oxygen atoms in total. The van der Waals surface area contributed by atoms with Crippen molar-refractivity contribution in [2.75, 3.05) is 5.01 Å². The molecule has 1 fully saturated rings. The number of ether oxygens (including phenoxy) is 1. The number of rotatable bonds is 2. The molecule has 0 aromatic heterocycles. The van der Waals surface area contributed by atoms with Crippen LogP contribution in [0.25, 0.3) is 0 Å². The molecule has 5 heteroatoms. The topological polar surface area (TPSA) is 41.9 Å². The van der Waals surface area contributed by atoms with E-state index in [-0.39, 0.29) is 5.78 Å². The molecule has 3 aromatic rings. The molecule has 0 amide bonds. The number of carbonyl (C=O) groups is 1. The van der Waals surface area contributed by atoms with Gasteiger partial charge in [-0.1, -0.05) is 79.4 Å². The SMILES string of the molecule is Cc1ccc(N2N=C(c3ccccc3)S[C@]23Oc2ccccc2C(=O)C32CCCCC2)cc1. The third-order valence-electron chi connectivity index (χ3n) is 7.13. The predicted molar refractivity (Wildman–Crippen MR) is 134 cm³/mol. The molecular formula is C28H26N2O2S. The summed E-state index contributed by atoms with van der Waals surface area (Å²) in [6, 6.07) is 26.3. The lowest BCUT2D eigenvalue weighted by Crippen LogP contribution is -2.64. The van der Waals surface area contributed by atoms with Gasteiger partial charge in [0.15, 0.2) is 5.78 Å². The second kappa shape index (κ2) is 7.77. The predicted octanol–water partition coefficient (Wildman–Crippen LogP) is 6.79. The van der Waals surface area contributed by atoms with Crippen LogP contribution in [-0.2, 0) is 0 Å². The van der Waals surface area contributed by atoms with Crippen LogP contribution in [0.1, 0.15) is 53.6 Å². The molecule has 0 saturated heterocycles. The number of hydrazone groups is 1. The Kier molecular flexibility index (Phi) is 4.84. The van der Waals surface area contributed by atoms with Crippen LogP contribution in [0.15, 0.2) is 84.0 Å². The number of ketones is 1. The van der Waals surface area contributed by atoms with Gasteiger partial charge in [-0.25, -0.2) is 5.01 Å². The molecule has 3 aromatic carbocycles. The van der Waals surface area contributed by atoms with Gasteiger partial charge < -0.3 is 4.74 Å². The van der Waals surface area contributed by atoms with Gasteiger partial charge in [-0.3, -0.25) is 4.79 Å². The summed E-state index contributed by atoms with van der Waals surface area (Å²) < 4.78 is 6.95. The summed E-state index contributed by atoms with van der Waals surface area (Å²) in [6.45, 7) is 2.08. The first-order valence-corrected chi connectivity index (χ1v) is 12.5. The van der Waals surface area contributed by atoms with E-state index < -0.39 is 10.5 Å². The largest absolute Gasteiger partial charge is 0.454 e. The quantitative estimate of drug-likeness (QED) is 0.427. The van der Waals surface area contributed by atoms with Crippen LogP contribution in [0.4, 0.5) is 5.69 Å². The summed E-state index contributed by atoms with van der Waals surface area (Å²) in [5.41, 5.74) is 3.19. The van der Waals surface area contributed by atoms with E-state index in [1.165, 1.54) is 5.56 Å². The number of fused-ring (bicyclic) bond motifs is 2. The molecule has 33 heavy (non-hydrogen) atoms. The first-order chi connectivity index (χ1) is 16.1. The molecule has 2 spiro atoms. The maximum atomic E-state index is 14.3. The Labute approximate surface area is 198 Å². The molecule has 1 atom stereocenters. The highest BCUT2D eigenvalue weighted by molar-refractivity contribution is 8.15. The van der Waals surface area contributed by atoms with Gasteiger partial charge >= 0.3 is 0 Å². The lowest BCUT2D eigenvalue weighted by molar-refractivity contribution is -0.0117. The van der Waals surface area contributed by atoms with Crippen LogP contribution < -0.4 is 9.75 Å². The Morgan fingerprint density at radius 1 is 0.879 bits per heavy atom. The Morgan fingerprint density at radius 3 is 2.33 bits per heavy atom. The first kappa shape index (κ1) is 20.5. The van der Waals surface area contributed by atoms with Crippen molar-refractivity contribution in [3.05, 3.63) is 95.6 Å². The summed E-state index contributed by atoms with van der Waals surface area (Å²) in [5.74, 6) is 0.839. The van der Waals surface area contributed by atoms with Gasteiger partial charge in [-0.2, -0.15) is 5.10 Å². The number of carbonyl (C=O) groups excluding carboxylic acids is 1. The molecule has 166 valence electrons. The number of Topliss-reactive ketones (excluding diaryl/α,β-unsaturated/α-hetero) is 1. The van der Waals surface area contributed by atoms with Crippen molar-refractivity contribution in [1.82, 2.24) is 0 Å². The molecule has 1 saturated carbocycles. The van der Waals surface area contributed by atoms with Crippen molar-refractivity contribution in [2.24, 2.45) is 10.5 Å². The van der Waals surface area contributed by atoms with E-state index in [4.69, 9.17) is 9.84 Å². The van der Waals surface area contributed by atoms with Gasteiger partial charge in [0.1, 0.15) is 16.2 Å². The number of hydrogen-bond acceptors (Lipinski definition) is 5. The zero-order chi connectivity index (χ0) is 22.5. The van der Waals surface area contributed by atoms with Crippen molar-refractivity contribution < 1.29 is 9.53 Å². The monoisotopic (exact) mass is 454 g/mol. The maximum absolute atomic E-state index is 14.3. The van der Waals surface area contributed by atoms with E-state index in [0.717, 1.165) is 48.4 Å². The van der Waals surface area contributed by atoms with E-state index in [0.29, 0.717) is 11.3 Å². The van der Waals surface area contributed by atoms with Crippen LogP contribution in [0, 0.1) is 12.3 Å². The van der Waals surface area contributed by atoms with Gasteiger partial charge in [-0.15, -0.1) is 0 Å². The fraction of sp³-hybridized carbons (Fsp3) is 0.286. The van der Waals surface area contributed by atoms with E-state index in [1.807, 2.05) is 47.5 Å². The average Bonchev–Trinajstić information content (AvgIpc) is 3.25. The molecule has 2 heterocycles.